The number of aldehydes is 1. The third-order valence-corrected chi connectivity index (χ3v) is 5.89. The van der Waals surface area contributed by atoms with E-state index >= 15 is 0 Å². The summed E-state index contributed by atoms with van der Waals surface area (Å²) in [7, 11) is 0. The van der Waals surface area contributed by atoms with Gasteiger partial charge in [0.05, 0.1) is 17.8 Å². The predicted octanol–water partition coefficient (Wildman–Crippen LogP) is 4.65. The van der Waals surface area contributed by atoms with Crippen molar-refractivity contribution in [3.05, 3.63) is 35.1 Å². The van der Waals surface area contributed by atoms with E-state index in [0.29, 0.717) is 13.0 Å². The quantitative estimate of drug-likeness (QED) is 0.486. The van der Waals surface area contributed by atoms with E-state index in [2.05, 4.69) is 19.9 Å². The molecule has 0 saturated carbocycles. The van der Waals surface area contributed by atoms with Gasteiger partial charge in [0.15, 0.2) is 0 Å². The topological polar surface area (TPSA) is 74.7 Å². The maximum absolute atomic E-state index is 13.1. The fraction of sp³-hybridized carbons (Fsp3) is 0.609. The van der Waals surface area contributed by atoms with Crippen LogP contribution in [0, 0.1) is 11.3 Å². The van der Waals surface area contributed by atoms with E-state index in [1.165, 1.54) is 11.1 Å². The van der Waals surface area contributed by atoms with Gasteiger partial charge in [-0.05, 0) is 52.9 Å². The second kappa shape index (κ2) is 9.85. The summed E-state index contributed by atoms with van der Waals surface area (Å²) in [4.78, 5) is 38.4. The highest BCUT2D eigenvalue weighted by Crippen LogP contribution is 2.50. The lowest BCUT2D eigenvalue weighted by molar-refractivity contribution is -0.143. The molecule has 0 aromatic rings. The Kier molecular flexibility index (Phi) is 7.78. The Bertz CT molecular complexity index is 699. The highest BCUT2D eigenvalue weighted by molar-refractivity contribution is 5.94. The highest BCUT2D eigenvalue weighted by Gasteiger charge is 2.56. The summed E-state index contributed by atoms with van der Waals surface area (Å²) < 4.78 is 0. The Morgan fingerprint density at radius 3 is 2.64 bits per heavy atom. The highest BCUT2D eigenvalue weighted by atomic mass is 16.4. The molecule has 2 atom stereocenters. The van der Waals surface area contributed by atoms with Crippen molar-refractivity contribution < 1.29 is 19.5 Å². The molecular weight excluding hydrogens is 354 g/mol. The first-order valence-electron chi connectivity index (χ1n) is 10.3. The number of carbonyl (C=O) groups is 3. The van der Waals surface area contributed by atoms with Gasteiger partial charge in [-0.1, -0.05) is 42.2 Å². The molecule has 0 radical (unpaired) electrons. The number of likely N-dealkylation sites (tertiary alicyclic amines) is 1. The summed E-state index contributed by atoms with van der Waals surface area (Å²) in [6.45, 7) is 6.60. The molecular formula is C23H33NO4. The molecule has 5 heteroatoms. The summed E-state index contributed by atoms with van der Waals surface area (Å²) in [5, 5.41) is 9.34. The van der Waals surface area contributed by atoms with Crippen LogP contribution in [0.1, 0.15) is 72.1 Å². The van der Waals surface area contributed by atoms with E-state index in [4.69, 9.17) is 0 Å². The van der Waals surface area contributed by atoms with Crippen LogP contribution in [0.2, 0.25) is 0 Å². The minimum atomic E-state index is -1.03. The number of carbonyl (C=O) groups excluding carboxylic acids is 2. The zero-order valence-electron chi connectivity index (χ0n) is 17.4. The van der Waals surface area contributed by atoms with E-state index in [9.17, 15) is 19.5 Å². The van der Waals surface area contributed by atoms with Crippen LogP contribution in [0.5, 0.6) is 0 Å². The van der Waals surface area contributed by atoms with Crippen molar-refractivity contribution in [3.8, 4) is 0 Å². The number of nitrogens with zero attached hydrogens (tertiary/aromatic N) is 1. The van der Waals surface area contributed by atoms with Gasteiger partial charge in [-0.2, -0.15) is 0 Å². The zero-order valence-corrected chi connectivity index (χ0v) is 17.4. The lowest BCUT2D eigenvalue weighted by atomic mass is 9.70. The number of fused-ring (bicyclic) bond motifs is 1. The largest absolute Gasteiger partial charge is 0.481 e. The molecule has 1 aliphatic carbocycles. The molecule has 1 heterocycles. The minimum absolute atomic E-state index is 0.226. The number of carboxylic acids is 1. The second-order valence-electron chi connectivity index (χ2n) is 8.32. The van der Waals surface area contributed by atoms with Gasteiger partial charge < -0.3 is 14.8 Å². The molecule has 0 aromatic carbocycles. The van der Waals surface area contributed by atoms with E-state index in [-0.39, 0.29) is 12.3 Å². The first-order valence-corrected chi connectivity index (χ1v) is 10.3. The fourth-order valence-electron chi connectivity index (χ4n) is 4.31. The van der Waals surface area contributed by atoms with Gasteiger partial charge in [-0.3, -0.25) is 9.59 Å². The summed E-state index contributed by atoms with van der Waals surface area (Å²) in [5.41, 5.74) is 2.22. The summed E-state index contributed by atoms with van der Waals surface area (Å²) in [6.07, 6.45) is 12.9. The molecule has 1 N–H and O–H groups in total. The molecule has 0 aromatic heterocycles. The lowest BCUT2D eigenvalue weighted by Crippen LogP contribution is -2.33. The molecule has 1 fully saturated rings. The van der Waals surface area contributed by atoms with Gasteiger partial charge >= 0.3 is 5.97 Å². The number of allylic oxidation sites excluding steroid dienone is 5. The first kappa shape index (κ1) is 22.1. The Morgan fingerprint density at radius 1 is 1.25 bits per heavy atom. The normalized spacial score (nSPS) is 25.5. The van der Waals surface area contributed by atoms with Gasteiger partial charge in [-0.15, -0.1) is 0 Å². The molecule has 1 amide bonds. The Hall–Kier alpha value is -2.17. The van der Waals surface area contributed by atoms with Crippen molar-refractivity contribution in [2.75, 3.05) is 6.54 Å². The third-order valence-electron chi connectivity index (χ3n) is 5.89. The van der Waals surface area contributed by atoms with Gasteiger partial charge in [0.2, 0.25) is 5.91 Å². The van der Waals surface area contributed by atoms with Crippen LogP contribution in [-0.4, -0.2) is 34.7 Å². The summed E-state index contributed by atoms with van der Waals surface area (Å²) >= 11 is 0. The molecule has 154 valence electrons. The number of aliphatic carboxylic acids is 1. The standard InChI is InChI=1S/C23H33NO4/c1-17(2)9-8-10-18(3)12-14-24-20-11-6-4-5-7-13-23(20,16-25)19(22(24)28)15-21(26)27/h9,11-12,16,19H,4-8,10,13-15H2,1-3H3,(H,26,27)/b18-12+,20-11?/t19-,23-/m1/s1. The second-order valence-corrected chi connectivity index (χ2v) is 8.32. The summed E-state index contributed by atoms with van der Waals surface area (Å²) in [5.74, 6) is -2.06. The van der Waals surface area contributed by atoms with Gasteiger partial charge in [-0.25, -0.2) is 0 Å². The van der Waals surface area contributed by atoms with Gasteiger partial charge in [0, 0.05) is 12.2 Å². The Labute approximate surface area is 168 Å². The average molecular weight is 388 g/mol. The van der Waals surface area contributed by atoms with Gasteiger partial charge in [0.25, 0.3) is 0 Å². The van der Waals surface area contributed by atoms with Crippen LogP contribution in [0.3, 0.4) is 0 Å². The molecule has 1 saturated heterocycles. The SMILES string of the molecule is CC(C)=CCC/C(C)=C/CN1C(=O)[C@@H](CC(=O)O)[C@]2(C=O)CCCCCC=C12. The number of carboxylic acid groups (broad SMARTS) is 1. The Morgan fingerprint density at radius 2 is 2.00 bits per heavy atom. The summed E-state index contributed by atoms with van der Waals surface area (Å²) in [6, 6.07) is 0. The zero-order chi connectivity index (χ0) is 20.7. The van der Waals surface area contributed by atoms with Crippen molar-refractivity contribution in [2.24, 2.45) is 11.3 Å². The van der Waals surface area contributed by atoms with Crippen LogP contribution in [-0.2, 0) is 14.4 Å². The van der Waals surface area contributed by atoms with Crippen LogP contribution in [0.4, 0.5) is 0 Å². The fourth-order valence-corrected chi connectivity index (χ4v) is 4.31. The number of hydrogen-bond donors (Lipinski definition) is 1. The molecule has 0 bridgehead atoms. The van der Waals surface area contributed by atoms with E-state index in [0.717, 1.165) is 50.5 Å². The first-order chi connectivity index (χ1) is 13.3. The lowest BCUT2D eigenvalue weighted by Gasteiger charge is -2.31. The van der Waals surface area contributed by atoms with E-state index in [1.807, 2.05) is 19.1 Å². The van der Waals surface area contributed by atoms with Crippen LogP contribution < -0.4 is 0 Å². The molecule has 0 unspecified atom stereocenters. The maximum atomic E-state index is 13.1. The Balaban J connectivity index is 2.29. The smallest absolute Gasteiger partial charge is 0.304 e. The van der Waals surface area contributed by atoms with E-state index < -0.39 is 17.3 Å². The molecule has 28 heavy (non-hydrogen) atoms. The minimum Gasteiger partial charge on any atom is -0.481 e. The van der Waals surface area contributed by atoms with Crippen LogP contribution in [0.25, 0.3) is 0 Å². The molecule has 2 rings (SSSR count). The predicted molar refractivity (Wildman–Crippen MR) is 110 cm³/mol. The monoisotopic (exact) mass is 387 g/mol. The van der Waals surface area contributed by atoms with Crippen molar-refractivity contribution >= 4 is 18.2 Å². The number of hydrogen-bond acceptors (Lipinski definition) is 3. The molecule has 2 aliphatic rings. The van der Waals surface area contributed by atoms with Crippen molar-refractivity contribution in [1.29, 1.82) is 0 Å². The van der Waals surface area contributed by atoms with Crippen LogP contribution in [0.15, 0.2) is 35.1 Å². The van der Waals surface area contributed by atoms with Crippen molar-refractivity contribution in [1.82, 2.24) is 4.90 Å². The molecule has 0 spiro atoms. The van der Waals surface area contributed by atoms with E-state index in [1.54, 1.807) is 4.90 Å². The maximum Gasteiger partial charge on any atom is 0.304 e. The van der Waals surface area contributed by atoms with Crippen molar-refractivity contribution in [2.45, 2.75) is 72.1 Å². The average Bonchev–Trinajstić information content (AvgIpc) is 2.80. The number of amides is 1. The van der Waals surface area contributed by atoms with Gasteiger partial charge in [0.1, 0.15) is 6.29 Å². The third kappa shape index (κ3) is 5.00. The molecule has 5 nitrogen and oxygen atoms in total. The molecule has 1 aliphatic heterocycles. The van der Waals surface area contributed by atoms with Crippen LogP contribution >= 0.6 is 0 Å². The van der Waals surface area contributed by atoms with Crippen molar-refractivity contribution in [3.63, 3.8) is 0 Å². The number of rotatable bonds is 8.